The van der Waals surface area contributed by atoms with Gasteiger partial charge >= 0.3 is 6.03 Å². The number of rotatable bonds is 3. The Morgan fingerprint density at radius 1 is 1.30 bits per heavy atom. The Hall–Kier alpha value is -2.41. The van der Waals surface area contributed by atoms with E-state index >= 15 is 0 Å². The molecule has 1 aliphatic rings. The number of nitrogens with zero attached hydrogens (tertiary/aromatic N) is 3. The maximum absolute atomic E-state index is 12.6. The average molecular weight is 330 g/mol. The van der Waals surface area contributed by atoms with Crippen LogP contribution < -0.4 is 5.32 Å². The fraction of sp³-hybridized carbons (Fsp3) is 0.312. The highest BCUT2D eigenvalue weighted by atomic mass is 32.1. The van der Waals surface area contributed by atoms with Crippen molar-refractivity contribution in [2.24, 2.45) is 0 Å². The molecule has 120 valence electrons. The first-order valence-corrected chi connectivity index (χ1v) is 8.27. The molecule has 3 amide bonds. The topological polar surface area (TPSA) is 65.5 Å². The molecule has 0 radical (unpaired) electrons. The van der Waals surface area contributed by atoms with E-state index in [1.54, 1.807) is 23.0 Å². The van der Waals surface area contributed by atoms with Crippen molar-refractivity contribution in [3.63, 3.8) is 0 Å². The predicted octanol–water partition coefficient (Wildman–Crippen LogP) is 1.72. The second-order valence-electron chi connectivity index (χ2n) is 5.40. The Morgan fingerprint density at radius 2 is 2.09 bits per heavy atom. The fourth-order valence-electron chi connectivity index (χ4n) is 2.46. The molecule has 1 fully saturated rings. The van der Waals surface area contributed by atoms with Crippen LogP contribution in [0.5, 0.6) is 0 Å². The molecule has 1 saturated heterocycles. The van der Waals surface area contributed by atoms with Crippen molar-refractivity contribution in [3.05, 3.63) is 52.5 Å². The van der Waals surface area contributed by atoms with Gasteiger partial charge in [-0.3, -0.25) is 4.79 Å². The van der Waals surface area contributed by atoms with Crippen LogP contribution in [0.2, 0.25) is 0 Å². The van der Waals surface area contributed by atoms with E-state index < -0.39 is 0 Å². The molecule has 1 aromatic carbocycles. The van der Waals surface area contributed by atoms with Gasteiger partial charge < -0.3 is 15.1 Å². The van der Waals surface area contributed by atoms with Gasteiger partial charge in [0, 0.05) is 31.7 Å². The minimum atomic E-state index is -0.307. The van der Waals surface area contributed by atoms with Crippen LogP contribution in [0.1, 0.15) is 16.6 Å². The number of carbonyl (C=O) groups is 2. The van der Waals surface area contributed by atoms with Crippen molar-refractivity contribution in [1.82, 2.24) is 20.1 Å². The van der Waals surface area contributed by atoms with E-state index in [1.807, 2.05) is 35.7 Å². The molecule has 0 aliphatic carbocycles. The van der Waals surface area contributed by atoms with Gasteiger partial charge in [-0.15, -0.1) is 11.3 Å². The van der Waals surface area contributed by atoms with E-state index in [-0.39, 0.29) is 24.5 Å². The van der Waals surface area contributed by atoms with E-state index in [0.29, 0.717) is 13.1 Å². The van der Waals surface area contributed by atoms with Crippen LogP contribution in [0.3, 0.4) is 0 Å². The van der Waals surface area contributed by atoms with Gasteiger partial charge in [0.15, 0.2) is 0 Å². The number of thiazole rings is 1. The first kappa shape index (κ1) is 15.5. The number of hydrogen-bond acceptors (Lipinski definition) is 4. The van der Waals surface area contributed by atoms with Crippen LogP contribution in [0.4, 0.5) is 4.79 Å². The normalized spacial score (nSPS) is 16.3. The van der Waals surface area contributed by atoms with Crippen LogP contribution in [0.25, 0.3) is 0 Å². The number of urea groups is 1. The number of amides is 3. The molecule has 1 aliphatic heterocycles. The highest BCUT2D eigenvalue weighted by molar-refractivity contribution is 7.09. The SMILES string of the molecule is CN1CCN(C(=O)NC(c2ccccc2)c2nccs2)CC1=O. The summed E-state index contributed by atoms with van der Waals surface area (Å²) >= 11 is 1.50. The number of likely N-dealkylation sites (N-methyl/N-ethyl adjacent to an activating group) is 1. The van der Waals surface area contributed by atoms with Crippen LogP contribution in [-0.4, -0.2) is 53.4 Å². The molecule has 0 bridgehead atoms. The van der Waals surface area contributed by atoms with Crippen molar-refractivity contribution < 1.29 is 9.59 Å². The molecule has 3 rings (SSSR count). The van der Waals surface area contributed by atoms with Gasteiger partial charge in [-0.05, 0) is 5.56 Å². The van der Waals surface area contributed by atoms with Crippen molar-refractivity contribution in [2.75, 3.05) is 26.7 Å². The van der Waals surface area contributed by atoms with E-state index in [9.17, 15) is 9.59 Å². The minimum Gasteiger partial charge on any atom is -0.342 e. The van der Waals surface area contributed by atoms with E-state index in [1.165, 1.54) is 11.3 Å². The van der Waals surface area contributed by atoms with E-state index in [2.05, 4.69) is 10.3 Å². The smallest absolute Gasteiger partial charge is 0.318 e. The molecule has 2 heterocycles. The van der Waals surface area contributed by atoms with Gasteiger partial charge in [-0.2, -0.15) is 0 Å². The van der Waals surface area contributed by atoms with Gasteiger partial charge in [0.25, 0.3) is 0 Å². The van der Waals surface area contributed by atoms with Crippen LogP contribution in [0, 0.1) is 0 Å². The van der Waals surface area contributed by atoms with Crippen molar-refractivity contribution in [3.8, 4) is 0 Å². The number of benzene rings is 1. The number of piperazine rings is 1. The van der Waals surface area contributed by atoms with Gasteiger partial charge in [-0.1, -0.05) is 30.3 Å². The summed E-state index contributed by atoms with van der Waals surface area (Å²) in [6.07, 6.45) is 1.72. The zero-order valence-corrected chi connectivity index (χ0v) is 13.6. The minimum absolute atomic E-state index is 0.0445. The summed E-state index contributed by atoms with van der Waals surface area (Å²) < 4.78 is 0. The van der Waals surface area contributed by atoms with Gasteiger partial charge in [0.1, 0.15) is 17.6 Å². The maximum Gasteiger partial charge on any atom is 0.318 e. The molecule has 0 spiro atoms. The van der Waals surface area contributed by atoms with Gasteiger partial charge in [-0.25, -0.2) is 9.78 Å². The summed E-state index contributed by atoms with van der Waals surface area (Å²) in [5.74, 6) is -0.0445. The quantitative estimate of drug-likeness (QED) is 0.932. The summed E-state index contributed by atoms with van der Waals surface area (Å²) in [7, 11) is 1.75. The Kier molecular flexibility index (Phi) is 4.57. The first-order chi connectivity index (χ1) is 11.1. The third kappa shape index (κ3) is 3.50. The van der Waals surface area contributed by atoms with E-state index in [4.69, 9.17) is 0 Å². The predicted molar refractivity (Wildman–Crippen MR) is 88.1 cm³/mol. The second kappa shape index (κ2) is 6.78. The maximum atomic E-state index is 12.6. The summed E-state index contributed by atoms with van der Waals surface area (Å²) in [6.45, 7) is 1.20. The average Bonchev–Trinajstić information content (AvgIpc) is 3.10. The van der Waals surface area contributed by atoms with Crippen LogP contribution in [-0.2, 0) is 4.79 Å². The molecule has 1 N–H and O–H groups in total. The lowest BCUT2D eigenvalue weighted by atomic mass is 10.1. The standard InChI is InChI=1S/C16H18N4O2S/c1-19-8-9-20(11-13(19)21)16(22)18-14(15-17-7-10-23-15)12-5-3-2-4-6-12/h2-7,10,14H,8-9,11H2,1H3,(H,18,22). The zero-order valence-electron chi connectivity index (χ0n) is 12.8. The Labute approximate surface area is 138 Å². The summed E-state index contributed by atoms with van der Waals surface area (Å²) in [6, 6.07) is 9.17. The van der Waals surface area contributed by atoms with E-state index in [0.717, 1.165) is 10.6 Å². The second-order valence-corrected chi connectivity index (χ2v) is 6.33. The molecule has 6 nitrogen and oxygen atoms in total. The Morgan fingerprint density at radius 3 is 2.74 bits per heavy atom. The summed E-state index contributed by atoms with van der Waals surface area (Å²) in [4.78, 5) is 31.9. The largest absolute Gasteiger partial charge is 0.342 e. The van der Waals surface area contributed by atoms with Gasteiger partial charge in [0.2, 0.25) is 5.91 Å². The zero-order chi connectivity index (χ0) is 16.2. The highest BCUT2D eigenvalue weighted by Crippen LogP contribution is 2.24. The van der Waals surface area contributed by atoms with Gasteiger partial charge in [0.05, 0.1) is 0 Å². The highest BCUT2D eigenvalue weighted by Gasteiger charge is 2.27. The molecule has 1 atom stereocenters. The Balaban J connectivity index is 1.77. The van der Waals surface area contributed by atoms with Crippen molar-refractivity contribution in [1.29, 1.82) is 0 Å². The lowest BCUT2D eigenvalue weighted by Gasteiger charge is -2.33. The van der Waals surface area contributed by atoms with Crippen molar-refractivity contribution >= 4 is 23.3 Å². The van der Waals surface area contributed by atoms with Crippen molar-refractivity contribution in [2.45, 2.75) is 6.04 Å². The van der Waals surface area contributed by atoms with Crippen LogP contribution in [0.15, 0.2) is 41.9 Å². The molecule has 23 heavy (non-hydrogen) atoms. The molecular formula is C16H18N4O2S. The summed E-state index contributed by atoms with van der Waals surface area (Å²) in [5, 5.41) is 5.71. The lowest BCUT2D eigenvalue weighted by molar-refractivity contribution is -0.133. The molecule has 1 unspecified atom stereocenters. The Bertz CT molecular complexity index is 675. The number of carbonyl (C=O) groups excluding carboxylic acids is 2. The first-order valence-electron chi connectivity index (χ1n) is 7.39. The summed E-state index contributed by atoms with van der Waals surface area (Å²) in [5.41, 5.74) is 0.969. The number of nitrogens with one attached hydrogen (secondary N) is 1. The molecule has 2 aromatic rings. The third-order valence-electron chi connectivity index (χ3n) is 3.84. The van der Waals surface area contributed by atoms with Crippen LogP contribution >= 0.6 is 11.3 Å². The molecule has 0 saturated carbocycles. The molecule has 7 heteroatoms. The lowest BCUT2D eigenvalue weighted by Crippen LogP contribution is -2.53. The molecular weight excluding hydrogens is 312 g/mol. The number of aromatic nitrogens is 1. The fourth-order valence-corrected chi connectivity index (χ4v) is 3.17. The number of hydrogen-bond donors (Lipinski definition) is 1. The monoisotopic (exact) mass is 330 g/mol. The third-order valence-corrected chi connectivity index (χ3v) is 4.68. The molecule has 1 aromatic heterocycles.